The summed E-state index contributed by atoms with van der Waals surface area (Å²) in [5.41, 5.74) is 5.17. The monoisotopic (exact) mass is 234 g/mol. The highest BCUT2D eigenvalue weighted by Gasteiger charge is 2.60. The van der Waals surface area contributed by atoms with Gasteiger partial charge in [0.1, 0.15) is 6.04 Å². The molecule has 0 spiro atoms. The Morgan fingerprint density at radius 1 is 1.29 bits per heavy atom. The molecule has 0 radical (unpaired) electrons. The van der Waals surface area contributed by atoms with Crippen molar-refractivity contribution in [2.75, 3.05) is 0 Å². The van der Waals surface area contributed by atoms with Crippen molar-refractivity contribution in [2.45, 2.75) is 19.4 Å². The lowest BCUT2D eigenvalue weighted by molar-refractivity contribution is -0.147. The molecular weight excluding hydrogens is 220 g/mol. The van der Waals surface area contributed by atoms with E-state index >= 15 is 0 Å². The second-order valence-electron chi connectivity index (χ2n) is 5.12. The number of carbonyl (C=O) groups excluding carboxylic acids is 3. The summed E-state index contributed by atoms with van der Waals surface area (Å²) < 4.78 is 0. The van der Waals surface area contributed by atoms with Crippen molar-refractivity contribution >= 4 is 17.7 Å². The van der Waals surface area contributed by atoms with Crippen LogP contribution in [-0.4, -0.2) is 28.7 Å². The van der Waals surface area contributed by atoms with Crippen LogP contribution in [0.25, 0.3) is 0 Å². The summed E-state index contributed by atoms with van der Waals surface area (Å²) in [5, 5.41) is 0. The highest BCUT2D eigenvalue weighted by molar-refractivity contribution is 6.09. The molecule has 5 heteroatoms. The Balaban J connectivity index is 1.95. The summed E-state index contributed by atoms with van der Waals surface area (Å²) in [4.78, 5) is 36.6. The van der Waals surface area contributed by atoms with Gasteiger partial charge in [0.15, 0.2) is 0 Å². The van der Waals surface area contributed by atoms with Gasteiger partial charge in [-0.25, -0.2) is 0 Å². The summed E-state index contributed by atoms with van der Waals surface area (Å²) in [7, 11) is 0. The lowest BCUT2D eigenvalue weighted by Crippen LogP contribution is -2.47. The molecule has 5 atom stereocenters. The van der Waals surface area contributed by atoms with Gasteiger partial charge in [-0.15, -0.1) is 0 Å². The maximum absolute atomic E-state index is 12.2. The molecule has 2 aliphatic carbocycles. The third-order valence-electron chi connectivity index (χ3n) is 4.30. The largest absolute Gasteiger partial charge is 0.368 e. The second-order valence-corrected chi connectivity index (χ2v) is 5.12. The maximum atomic E-state index is 12.2. The molecular formula is C12H14N2O3. The zero-order valence-corrected chi connectivity index (χ0v) is 9.50. The van der Waals surface area contributed by atoms with Crippen molar-refractivity contribution in [1.82, 2.24) is 4.90 Å². The first-order chi connectivity index (χ1) is 8.02. The van der Waals surface area contributed by atoms with E-state index in [4.69, 9.17) is 5.73 Å². The molecule has 0 unspecified atom stereocenters. The van der Waals surface area contributed by atoms with Crippen LogP contribution in [0.1, 0.15) is 13.3 Å². The van der Waals surface area contributed by atoms with Crippen LogP contribution in [0.2, 0.25) is 0 Å². The van der Waals surface area contributed by atoms with Crippen LogP contribution in [0.4, 0.5) is 0 Å². The van der Waals surface area contributed by atoms with Gasteiger partial charge >= 0.3 is 0 Å². The van der Waals surface area contributed by atoms with Crippen LogP contribution in [-0.2, 0) is 14.4 Å². The van der Waals surface area contributed by atoms with Crippen LogP contribution < -0.4 is 5.73 Å². The van der Waals surface area contributed by atoms with Gasteiger partial charge in [0.25, 0.3) is 0 Å². The van der Waals surface area contributed by atoms with Gasteiger partial charge in [0.2, 0.25) is 17.7 Å². The van der Waals surface area contributed by atoms with Crippen LogP contribution in [0, 0.1) is 23.7 Å². The third kappa shape index (κ3) is 1.16. The van der Waals surface area contributed by atoms with Gasteiger partial charge in [-0.05, 0) is 25.2 Å². The fourth-order valence-corrected chi connectivity index (χ4v) is 3.43. The highest BCUT2D eigenvalue weighted by atomic mass is 16.2. The summed E-state index contributed by atoms with van der Waals surface area (Å²) in [6.45, 7) is 1.51. The van der Waals surface area contributed by atoms with Crippen molar-refractivity contribution in [3.8, 4) is 0 Å². The zero-order valence-electron chi connectivity index (χ0n) is 9.50. The average molecular weight is 234 g/mol. The van der Waals surface area contributed by atoms with Crippen molar-refractivity contribution in [3.05, 3.63) is 12.2 Å². The van der Waals surface area contributed by atoms with Gasteiger partial charge < -0.3 is 5.73 Å². The molecule has 3 amide bonds. The maximum Gasteiger partial charge on any atom is 0.240 e. The quantitative estimate of drug-likeness (QED) is 0.524. The van der Waals surface area contributed by atoms with Crippen LogP contribution in [0.3, 0.4) is 0 Å². The van der Waals surface area contributed by atoms with E-state index in [2.05, 4.69) is 0 Å². The minimum atomic E-state index is -0.833. The molecule has 2 fully saturated rings. The Labute approximate surface area is 98.6 Å². The molecule has 0 aromatic heterocycles. The van der Waals surface area contributed by atoms with Crippen LogP contribution in [0.15, 0.2) is 12.2 Å². The Bertz CT molecular complexity index is 427. The number of primary amides is 1. The summed E-state index contributed by atoms with van der Waals surface area (Å²) in [5.74, 6) is -1.23. The number of imide groups is 1. The number of rotatable bonds is 2. The van der Waals surface area contributed by atoms with Crippen molar-refractivity contribution in [1.29, 1.82) is 0 Å². The first-order valence-corrected chi connectivity index (χ1v) is 5.87. The molecule has 0 aromatic rings. The van der Waals surface area contributed by atoms with Gasteiger partial charge in [-0.3, -0.25) is 19.3 Å². The molecule has 2 N–H and O–H groups in total. The Morgan fingerprint density at radius 3 is 2.18 bits per heavy atom. The topological polar surface area (TPSA) is 80.5 Å². The first-order valence-electron chi connectivity index (χ1n) is 5.87. The van der Waals surface area contributed by atoms with E-state index in [-0.39, 0.29) is 35.5 Å². The fourth-order valence-electron chi connectivity index (χ4n) is 3.43. The predicted molar refractivity (Wildman–Crippen MR) is 58.2 cm³/mol. The number of likely N-dealkylation sites (tertiary alicyclic amines) is 1. The number of nitrogens with two attached hydrogens (primary N) is 1. The summed E-state index contributed by atoms with van der Waals surface area (Å²) in [6.07, 6.45) is 4.94. The Kier molecular flexibility index (Phi) is 1.97. The van der Waals surface area contributed by atoms with Gasteiger partial charge in [0, 0.05) is 0 Å². The summed E-state index contributed by atoms with van der Waals surface area (Å²) in [6, 6.07) is -0.833. The zero-order chi connectivity index (χ0) is 12.3. The molecule has 90 valence electrons. The molecule has 1 saturated heterocycles. The van der Waals surface area contributed by atoms with Crippen LogP contribution in [0.5, 0.6) is 0 Å². The van der Waals surface area contributed by atoms with Gasteiger partial charge in [-0.2, -0.15) is 0 Å². The number of nitrogens with zero attached hydrogens (tertiary/aromatic N) is 1. The van der Waals surface area contributed by atoms with Crippen molar-refractivity contribution in [3.63, 3.8) is 0 Å². The molecule has 17 heavy (non-hydrogen) atoms. The normalized spacial score (nSPS) is 39.9. The number of amides is 3. The van der Waals surface area contributed by atoms with E-state index in [0.29, 0.717) is 0 Å². The van der Waals surface area contributed by atoms with Crippen molar-refractivity contribution < 1.29 is 14.4 Å². The molecule has 1 heterocycles. The van der Waals surface area contributed by atoms with E-state index in [1.165, 1.54) is 6.92 Å². The molecule has 3 rings (SSSR count). The van der Waals surface area contributed by atoms with Gasteiger partial charge in [-0.1, -0.05) is 12.2 Å². The predicted octanol–water partition coefficient (Wildman–Crippen LogP) is -0.333. The molecule has 1 saturated carbocycles. The number of fused-ring (bicyclic) bond motifs is 5. The first kappa shape index (κ1) is 10.5. The third-order valence-corrected chi connectivity index (χ3v) is 4.30. The lowest BCUT2D eigenvalue weighted by Gasteiger charge is -2.21. The standard InChI is InChI=1S/C12H14N2O3/c1-5(10(13)15)14-11(16)8-6-2-3-7(4-6)9(8)12(14)17/h2-3,5-9H,4H2,1H3,(H2,13,15)/t5-,6+,7+,8+,9+/m1/s1. The molecule has 3 aliphatic rings. The number of hydrogen-bond donors (Lipinski definition) is 1. The molecule has 5 nitrogen and oxygen atoms in total. The second kappa shape index (κ2) is 3.18. The minimum absolute atomic E-state index is 0.173. The Morgan fingerprint density at radius 2 is 1.76 bits per heavy atom. The number of carbonyl (C=O) groups is 3. The van der Waals surface area contributed by atoms with Gasteiger partial charge in [0.05, 0.1) is 11.8 Å². The number of hydrogen-bond acceptors (Lipinski definition) is 3. The van der Waals surface area contributed by atoms with E-state index < -0.39 is 11.9 Å². The Hall–Kier alpha value is -1.65. The van der Waals surface area contributed by atoms with Crippen LogP contribution >= 0.6 is 0 Å². The number of allylic oxidation sites excluding steroid dienone is 2. The summed E-state index contributed by atoms with van der Waals surface area (Å²) >= 11 is 0. The average Bonchev–Trinajstić information content (AvgIpc) is 2.92. The minimum Gasteiger partial charge on any atom is -0.368 e. The molecule has 0 aromatic carbocycles. The van der Waals surface area contributed by atoms with E-state index in [9.17, 15) is 14.4 Å². The van der Waals surface area contributed by atoms with E-state index in [0.717, 1.165) is 11.3 Å². The van der Waals surface area contributed by atoms with E-state index in [1.54, 1.807) is 0 Å². The lowest BCUT2D eigenvalue weighted by atomic mass is 9.85. The van der Waals surface area contributed by atoms with E-state index in [1.807, 2.05) is 12.2 Å². The fraction of sp³-hybridized carbons (Fsp3) is 0.583. The smallest absolute Gasteiger partial charge is 0.240 e. The molecule has 2 bridgehead atoms. The van der Waals surface area contributed by atoms with Crippen molar-refractivity contribution in [2.24, 2.45) is 29.4 Å². The highest BCUT2D eigenvalue weighted by Crippen LogP contribution is 2.52. The SMILES string of the molecule is C[C@H](C(N)=O)N1C(=O)[C@@H]2[C@@H](C1=O)[C@H]1C=C[C@H]2C1. The molecule has 1 aliphatic heterocycles.